The minimum absolute atomic E-state index is 0.176. The van der Waals surface area contributed by atoms with E-state index in [2.05, 4.69) is 15.2 Å². The molecule has 2 fully saturated rings. The van der Waals surface area contributed by atoms with Crippen molar-refractivity contribution in [1.29, 1.82) is 0 Å². The van der Waals surface area contributed by atoms with Gasteiger partial charge in [-0.1, -0.05) is 12.8 Å². The molecular formula is C15H24N4O. The van der Waals surface area contributed by atoms with E-state index in [9.17, 15) is 5.11 Å². The van der Waals surface area contributed by atoms with E-state index >= 15 is 0 Å². The van der Waals surface area contributed by atoms with Gasteiger partial charge in [-0.15, -0.1) is 0 Å². The average Bonchev–Trinajstić information content (AvgIpc) is 3.31. The molecule has 2 atom stereocenters. The second-order valence-electron chi connectivity index (χ2n) is 6.02. The van der Waals surface area contributed by atoms with Crippen LogP contribution in [0.1, 0.15) is 50.3 Å². The highest BCUT2D eigenvalue weighted by atomic mass is 16.3. The van der Waals surface area contributed by atoms with Crippen LogP contribution < -0.4 is 10.2 Å². The molecule has 0 bridgehead atoms. The third-order valence-electron chi connectivity index (χ3n) is 4.48. The number of aliphatic hydroxyl groups excluding tert-OH is 1. The smallest absolute Gasteiger partial charge is 0.136 e. The van der Waals surface area contributed by atoms with Crippen LogP contribution in [0.2, 0.25) is 0 Å². The van der Waals surface area contributed by atoms with E-state index in [0.29, 0.717) is 5.92 Å². The molecule has 0 amide bonds. The lowest BCUT2D eigenvalue weighted by atomic mass is 9.91. The highest BCUT2D eigenvalue weighted by Crippen LogP contribution is 2.39. The van der Waals surface area contributed by atoms with E-state index in [-0.39, 0.29) is 12.1 Å². The van der Waals surface area contributed by atoms with Crippen LogP contribution in [0, 0.1) is 0 Å². The maximum atomic E-state index is 10.2. The van der Waals surface area contributed by atoms with E-state index in [4.69, 9.17) is 4.98 Å². The summed E-state index contributed by atoms with van der Waals surface area (Å²) >= 11 is 0. The predicted molar refractivity (Wildman–Crippen MR) is 80.2 cm³/mol. The van der Waals surface area contributed by atoms with Gasteiger partial charge in [0.25, 0.3) is 0 Å². The van der Waals surface area contributed by atoms with Crippen molar-refractivity contribution < 1.29 is 5.11 Å². The van der Waals surface area contributed by atoms with Crippen LogP contribution >= 0.6 is 0 Å². The van der Waals surface area contributed by atoms with Gasteiger partial charge in [0.2, 0.25) is 0 Å². The van der Waals surface area contributed by atoms with Crippen molar-refractivity contribution in [2.45, 2.75) is 56.6 Å². The number of likely N-dealkylation sites (N-methyl/N-ethyl adjacent to an activating group) is 1. The highest BCUT2D eigenvalue weighted by molar-refractivity contribution is 5.50. The molecule has 110 valence electrons. The Morgan fingerprint density at radius 1 is 1.20 bits per heavy atom. The molecule has 1 aromatic heterocycles. The maximum absolute atomic E-state index is 10.2. The summed E-state index contributed by atoms with van der Waals surface area (Å²) in [6.45, 7) is 0. The van der Waals surface area contributed by atoms with Crippen LogP contribution in [0.4, 0.5) is 11.6 Å². The first kappa shape index (κ1) is 13.6. The molecular weight excluding hydrogens is 252 g/mol. The summed E-state index contributed by atoms with van der Waals surface area (Å²) in [6.07, 6.45) is 6.40. The number of hydrogen-bond acceptors (Lipinski definition) is 5. The normalized spacial score (nSPS) is 26.4. The first-order valence-corrected chi connectivity index (χ1v) is 7.66. The van der Waals surface area contributed by atoms with Crippen molar-refractivity contribution in [3.63, 3.8) is 0 Å². The zero-order valence-electron chi connectivity index (χ0n) is 12.3. The van der Waals surface area contributed by atoms with Crippen LogP contribution in [0.25, 0.3) is 0 Å². The summed E-state index contributed by atoms with van der Waals surface area (Å²) < 4.78 is 0. The van der Waals surface area contributed by atoms with Gasteiger partial charge in [0, 0.05) is 26.1 Å². The Hall–Kier alpha value is -1.36. The van der Waals surface area contributed by atoms with Gasteiger partial charge >= 0.3 is 0 Å². The molecule has 1 heterocycles. The molecule has 3 rings (SSSR count). The fourth-order valence-electron chi connectivity index (χ4n) is 3.00. The lowest BCUT2D eigenvalue weighted by Crippen LogP contribution is -2.44. The highest BCUT2D eigenvalue weighted by Gasteiger charge is 2.30. The number of hydrogen-bond donors (Lipinski definition) is 2. The summed E-state index contributed by atoms with van der Waals surface area (Å²) in [4.78, 5) is 11.4. The first-order valence-electron chi connectivity index (χ1n) is 7.66. The zero-order valence-corrected chi connectivity index (χ0v) is 12.3. The van der Waals surface area contributed by atoms with Crippen LogP contribution in [0.15, 0.2) is 6.07 Å². The van der Waals surface area contributed by atoms with Crippen molar-refractivity contribution in [2.75, 3.05) is 24.3 Å². The van der Waals surface area contributed by atoms with E-state index < -0.39 is 0 Å². The molecule has 0 spiro atoms. The minimum Gasteiger partial charge on any atom is -0.391 e. The van der Waals surface area contributed by atoms with E-state index in [1.54, 1.807) is 0 Å². The molecule has 2 aliphatic carbocycles. The Morgan fingerprint density at radius 3 is 2.60 bits per heavy atom. The molecule has 0 aliphatic heterocycles. The Labute approximate surface area is 120 Å². The van der Waals surface area contributed by atoms with Gasteiger partial charge in [0.1, 0.15) is 17.5 Å². The number of anilines is 2. The van der Waals surface area contributed by atoms with Crippen LogP contribution in [0.3, 0.4) is 0 Å². The fraction of sp³-hybridized carbons (Fsp3) is 0.733. The summed E-state index contributed by atoms with van der Waals surface area (Å²) in [5, 5.41) is 13.3. The summed E-state index contributed by atoms with van der Waals surface area (Å²) in [5.74, 6) is 3.28. The van der Waals surface area contributed by atoms with Gasteiger partial charge < -0.3 is 15.3 Å². The third kappa shape index (κ3) is 2.73. The van der Waals surface area contributed by atoms with E-state index in [1.165, 1.54) is 19.3 Å². The molecule has 5 heteroatoms. The monoisotopic (exact) mass is 276 g/mol. The molecule has 0 saturated heterocycles. The third-order valence-corrected chi connectivity index (χ3v) is 4.48. The topological polar surface area (TPSA) is 61.3 Å². The standard InChI is InChI=1S/C15H24N4O/c1-16-13-9-14(18-15(17-13)10-7-8-10)19(2)11-5-3-4-6-12(11)20/h9-12,20H,3-8H2,1-2H3,(H,16,17,18). The first-order chi connectivity index (χ1) is 9.69. The number of aromatic nitrogens is 2. The molecule has 0 radical (unpaired) electrons. The van der Waals surface area contributed by atoms with Crippen LogP contribution in [0.5, 0.6) is 0 Å². The number of aliphatic hydroxyl groups is 1. The van der Waals surface area contributed by atoms with Crippen LogP contribution in [-0.4, -0.2) is 41.3 Å². The Kier molecular flexibility index (Phi) is 3.78. The van der Waals surface area contributed by atoms with Crippen molar-refractivity contribution >= 4 is 11.6 Å². The van der Waals surface area contributed by atoms with Crippen molar-refractivity contribution in [3.05, 3.63) is 11.9 Å². The molecule has 20 heavy (non-hydrogen) atoms. The number of nitrogens with zero attached hydrogens (tertiary/aromatic N) is 3. The van der Waals surface area contributed by atoms with Crippen molar-refractivity contribution in [3.8, 4) is 0 Å². The molecule has 1 aromatic rings. The minimum atomic E-state index is -0.244. The fourth-order valence-corrected chi connectivity index (χ4v) is 3.00. The SMILES string of the molecule is CNc1cc(N(C)C2CCCCC2O)nc(C2CC2)n1. The van der Waals surface area contributed by atoms with E-state index in [1.807, 2.05) is 20.2 Å². The Balaban J connectivity index is 1.85. The zero-order chi connectivity index (χ0) is 14.1. The molecule has 2 N–H and O–H groups in total. The van der Waals surface area contributed by atoms with Gasteiger partial charge in [0.05, 0.1) is 12.1 Å². The number of nitrogens with one attached hydrogen (secondary N) is 1. The van der Waals surface area contributed by atoms with Gasteiger partial charge in [-0.05, 0) is 25.7 Å². The van der Waals surface area contributed by atoms with Gasteiger partial charge in [-0.2, -0.15) is 0 Å². The molecule has 2 saturated carbocycles. The van der Waals surface area contributed by atoms with Gasteiger partial charge in [0.15, 0.2) is 0 Å². The largest absolute Gasteiger partial charge is 0.391 e. The van der Waals surface area contributed by atoms with Crippen molar-refractivity contribution in [2.24, 2.45) is 0 Å². The second-order valence-corrected chi connectivity index (χ2v) is 6.02. The Morgan fingerprint density at radius 2 is 1.95 bits per heavy atom. The molecule has 0 aromatic carbocycles. The summed E-state index contributed by atoms with van der Waals surface area (Å²) in [5.41, 5.74) is 0. The summed E-state index contributed by atoms with van der Waals surface area (Å²) in [6, 6.07) is 2.16. The Bertz CT molecular complexity index is 475. The molecule has 5 nitrogen and oxygen atoms in total. The molecule has 2 unspecified atom stereocenters. The quantitative estimate of drug-likeness (QED) is 0.882. The van der Waals surface area contributed by atoms with Crippen LogP contribution in [-0.2, 0) is 0 Å². The summed E-state index contributed by atoms with van der Waals surface area (Å²) in [7, 11) is 3.93. The predicted octanol–water partition coefficient (Wildman–Crippen LogP) is 2.14. The van der Waals surface area contributed by atoms with Crippen molar-refractivity contribution in [1.82, 2.24) is 9.97 Å². The lowest BCUT2D eigenvalue weighted by Gasteiger charge is -2.36. The number of rotatable bonds is 4. The van der Waals surface area contributed by atoms with E-state index in [0.717, 1.165) is 36.7 Å². The van der Waals surface area contributed by atoms with Gasteiger partial charge in [-0.3, -0.25) is 0 Å². The molecule has 2 aliphatic rings. The second kappa shape index (κ2) is 5.56. The average molecular weight is 276 g/mol. The maximum Gasteiger partial charge on any atom is 0.136 e. The van der Waals surface area contributed by atoms with Gasteiger partial charge in [-0.25, -0.2) is 9.97 Å². The lowest BCUT2D eigenvalue weighted by molar-refractivity contribution is 0.106.